The molecular weight excluding hydrogens is 268 g/mol. The first kappa shape index (κ1) is 19.2. The largest absolute Gasteiger partial charge is 0.393 e. The molecule has 0 amide bonds. The van der Waals surface area contributed by atoms with Crippen LogP contribution < -0.4 is 0 Å². The molecule has 2 unspecified atom stereocenters. The molecule has 0 spiro atoms. The van der Waals surface area contributed by atoms with Crippen LogP contribution in [-0.2, 0) is 9.68 Å². The standard InChI is InChI=1S/C15H30N2O2Si/c1-8-9-15(7,11-13(4)5)19-17-20-16-18-14(6)10-12(2)3/h8-9,12-14H,10-11H2,1-7H3. The van der Waals surface area contributed by atoms with Crippen LogP contribution in [0.15, 0.2) is 21.7 Å². The lowest BCUT2D eigenvalue weighted by atomic mass is 9.94. The Balaban J connectivity index is 4.36. The number of hydrogen-bond acceptors (Lipinski definition) is 4. The molecule has 0 aliphatic rings. The molecule has 0 heterocycles. The SMILES string of the molecule is CC=CC(C)(CC(C)C)ON=[Si]=NOC(C)CC(C)C. The maximum Gasteiger partial charge on any atom is 0.321 e. The molecule has 0 fully saturated rings. The second kappa shape index (κ2) is 9.97. The van der Waals surface area contributed by atoms with Gasteiger partial charge in [0.05, 0.1) is 0 Å². The third-order valence-corrected chi connectivity index (χ3v) is 3.06. The predicted molar refractivity (Wildman–Crippen MR) is 84.4 cm³/mol. The van der Waals surface area contributed by atoms with Crippen molar-refractivity contribution in [2.24, 2.45) is 21.4 Å². The average molecular weight is 299 g/mol. The van der Waals surface area contributed by atoms with Gasteiger partial charge < -0.3 is 9.68 Å². The molecule has 4 nitrogen and oxygen atoms in total. The third-order valence-electron chi connectivity index (χ3n) is 2.70. The molecular formula is C15H30N2O2Si. The minimum Gasteiger partial charge on any atom is -0.393 e. The van der Waals surface area contributed by atoms with Crippen LogP contribution in [-0.4, -0.2) is 20.8 Å². The van der Waals surface area contributed by atoms with Gasteiger partial charge in [0.15, 0.2) is 5.60 Å². The molecule has 0 aromatic rings. The van der Waals surface area contributed by atoms with Crippen molar-refractivity contribution in [3.8, 4) is 0 Å². The number of rotatable bonds is 9. The van der Waals surface area contributed by atoms with E-state index in [9.17, 15) is 0 Å². The van der Waals surface area contributed by atoms with E-state index in [2.05, 4.69) is 37.3 Å². The van der Waals surface area contributed by atoms with Gasteiger partial charge in [-0.25, -0.2) is 0 Å². The van der Waals surface area contributed by atoms with Crippen molar-refractivity contribution in [2.45, 2.75) is 73.0 Å². The zero-order chi connectivity index (χ0) is 15.6. The van der Waals surface area contributed by atoms with Crippen molar-refractivity contribution >= 4 is 9.10 Å². The molecule has 5 heteroatoms. The molecule has 0 radical (unpaired) electrons. The monoisotopic (exact) mass is 298 g/mol. The van der Waals surface area contributed by atoms with Gasteiger partial charge >= 0.3 is 9.10 Å². The number of allylic oxidation sites excluding steroid dienone is 1. The van der Waals surface area contributed by atoms with Crippen molar-refractivity contribution in [2.75, 3.05) is 0 Å². The van der Waals surface area contributed by atoms with Crippen LogP contribution in [0.5, 0.6) is 0 Å². The predicted octanol–water partition coefficient (Wildman–Crippen LogP) is 4.74. The van der Waals surface area contributed by atoms with E-state index in [1.807, 2.05) is 32.9 Å². The van der Waals surface area contributed by atoms with Gasteiger partial charge in [-0.15, -0.1) is 0 Å². The van der Waals surface area contributed by atoms with Crippen molar-refractivity contribution in [1.82, 2.24) is 0 Å². The van der Waals surface area contributed by atoms with Crippen molar-refractivity contribution < 1.29 is 9.68 Å². The Kier molecular flexibility index (Phi) is 9.55. The molecule has 20 heavy (non-hydrogen) atoms. The topological polar surface area (TPSA) is 43.2 Å². The van der Waals surface area contributed by atoms with Crippen LogP contribution in [0, 0.1) is 11.8 Å². The van der Waals surface area contributed by atoms with Gasteiger partial charge in [0.25, 0.3) is 0 Å². The maximum atomic E-state index is 5.62. The Morgan fingerprint density at radius 2 is 1.75 bits per heavy atom. The van der Waals surface area contributed by atoms with Crippen LogP contribution in [0.25, 0.3) is 0 Å². The van der Waals surface area contributed by atoms with E-state index < -0.39 is 0 Å². The zero-order valence-electron chi connectivity index (χ0n) is 14.0. The summed E-state index contributed by atoms with van der Waals surface area (Å²) in [6.07, 6.45) is 6.10. The van der Waals surface area contributed by atoms with Gasteiger partial charge in [-0.2, -0.15) is 0 Å². The summed E-state index contributed by atoms with van der Waals surface area (Å²) >= 11 is 0. The van der Waals surface area contributed by atoms with Gasteiger partial charge in [-0.05, 0) is 51.5 Å². The van der Waals surface area contributed by atoms with E-state index in [0.717, 1.165) is 12.8 Å². The van der Waals surface area contributed by atoms with Crippen LogP contribution in [0.2, 0.25) is 0 Å². The minimum atomic E-state index is -0.352. The molecule has 0 saturated carbocycles. The van der Waals surface area contributed by atoms with E-state index in [1.165, 1.54) is 0 Å². The lowest BCUT2D eigenvalue weighted by Crippen LogP contribution is -2.25. The van der Waals surface area contributed by atoms with Crippen LogP contribution in [0.1, 0.15) is 61.3 Å². The molecule has 0 aliphatic carbocycles. The van der Waals surface area contributed by atoms with Gasteiger partial charge in [0.1, 0.15) is 6.10 Å². The third kappa shape index (κ3) is 10.0. The fourth-order valence-electron chi connectivity index (χ4n) is 2.26. The second-order valence-electron chi connectivity index (χ2n) is 6.33. The molecule has 0 N–H and O–H groups in total. The highest BCUT2D eigenvalue weighted by Gasteiger charge is 2.23. The van der Waals surface area contributed by atoms with E-state index >= 15 is 0 Å². The molecule has 0 bridgehead atoms. The molecule has 2 atom stereocenters. The minimum absolute atomic E-state index is 0.0321. The fraction of sp³-hybridized carbons (Fsp3) is 0.867. The van der Waals surface area contributed by atoms with Crippen molar-refractivity contribution in [3.05, 3.63) is 12.2 Å². The van der Waals surface area contributed by atoms with E-state index in [-0.39, 0.29) is 20.8 Å². The van der Waals surface area contributed by atoms with Gasteiger partial charge in [0.2, 0.25) is 0 Å². The average Bonchev–Trinajstić information content (AvgIpc) is 2.26. The quantitative estimate of drug-likeness (QED) is 0.350. The fourth-order valence-corrected chi connectivity index (χ4v) is 2.77. The lowest BCUT2D eigenvalue weighted by molar-refractivity contribution is -0.00392. The smallest absolute Gasteiger partial charge is 0.321 e. The molecule has 0 saturated heterocycles. The summed E-state index contributed by atoms with van der Waals surface area (Å²) in [7, 11) is -0.0321. The van der Waals surface area contributed by atoms with E-state index in [0.29, 0.717) is 11.8 Å². The van der Waals surface area contributed by atoms with Gasteiger partial charge in [-0.1, -0.05) is 43.4 Å². The van der Waals surface area contributed by atoms with E-state index in [1.54, 1.807) is 0 Å². The summed E-state index contributed by atoms with van der Waals surface area (Å²) in [5.74, 6) is 1.16. The Morgan fingerprint density at radius 3 is 2.25 bits per heavy atom. The first-order valence-corrected chi connectivity index (χ1v) is 8.31. The first-order chi connectivity index (χ1) is 9.29. The second-order valence-corrected chi connectivity index (χ2v) is 6.90. The lowest BCUT2D eigenvalue weighted by Gasteiger charge is -2.24. The van der Waals surface area contributed by atoms with Crippen LogP contribution in [0.4, 0.5) is 0 Å². The summed E-state index contributed by atoms with van der Waals surface area (Å²) in [5.41, 5.74) is -0.352. The van der Waals surface area contributed by atoms with Crippen molar-refractivity contribution in [1.29, 1.82) is 0 Å². The molecule has 0 aromatic carbocycles. The van der Waals surface area contributed by atoms with Crippen LogP contribution in [0.3, 0.4) is 0 Å². The number of hydrogen-bond donors (Lipinski definition) is 0. The molecule has 0 aliphatic heterocycles. The maximum absolute atomic E-state index is 5.62. The Morgan fingerprint density at radius 1 is 1.10 bits per heavy atom. The highest BCUT2D eigenvalue weighted by Crippen LogP contribution is 2.22. The molecule has 0 aromatic heterocycles. The van der Waals surface area contributed by atoms with Crippen molar-refractivity contribution in [3.63, 3.8) is 0 Å². The highest BCUT2D eigenvalue weighted by molar-refractivity contribution is 6.05. The van der Waals surface area contributed by atoms with Crippen LogP contribution >= 0.6 is 0 Å². The number of nitrogens with zero attached hydrogens (tertiary/aromatic N) is 2. The Labute approximate surface area is 126 Å². The van der Waals surface area contributed by atoms with Gasteiger partial charge in [0, 0.05) is 0 Å². The summed E-state index contributed by atoms with van der Waals surface area (Å²) in [6, 6.07) is 0. The van der Waals surface area contributed by atoms with Gasteiger partial charge in [-0.3, -0.25) is 0 Å². The Hall–Kier alpha value is -0.843. The normalized spacial score (nSPS) is 15.8. The molecule has 0 rings (SSSR count). The summed E-state index contributed by atoms with van der Waals surface area (Å²) in [6.45, 7) is 14.8. The highest BCUT2D eigenvalue weighted by atomic mass is 28.2. The first-order valence-electron chi connectivity index (χ1n) is 7.42. The summed E-state index contributed by atoms with van der Waals surface area (Å²) in [5, 5.41) is 0. The zero-order valence-corrected chi connectivity index (χ0v) is 15.0. The molecule has 116 valence electrons. The Bertz CT molecular complexity index is 350. The summed E-state index contributed by atoms with van der Waals surface area (Å²) in [4.78, 5) is 19.0. The summed E-state index contributed by atoms with van der Waals surface area (Å²) < 4.78 is 0. The van der Waals surface area contributed by atoms with E-state index in [4.69, 9.17) is 9.68 Å².